The molecule has 0 radical (unpaired) electrons. The van der Waals surface area contributed by atoms with Crippen LogP contribution in [0.15, 0.2) is 28.8 Å². The van der Waals surface area contributed by atoms with Crippen molar-refractivity contribution >= 4 is 0 Å². The molecule has 1 aromatic heterocycles. The van der Waals surface area contributed by atoms with Gasteiger partial charge in [-0.2, -0.15) is 18.2 Å². The van der Waals surface area contributed by atoms with Crippen molar-refractivity contribution in [2.24, 2.45) is 5.92 Å². The lowest BCUT2D eigenvalue weighted by atomic mass is 10.00. The van der Waals surface area contributed by atoms with Gasteiger partial charge in [-0.1, -0.05) is 23.4 Å². The summed E-state index contributed by atoms with van der Waals surface area (Å²) >= 11 is 0. The van der Waals surface area contributed by atoms with E-state index >= 15 is 0 Å². The molecule has 1 aliphatic heterocycles. The molecular weight excluding hydrogens is 283 g/mol. The smallest absolute Gasteiger partial charge is 0.339 e. The maximum Gasteiger partial charge on any atom is 0.416 e. The Morgan fingerprint density at radius 1 is 1.29 bits per heavy atom. The van der Waals surface area contributed by atoms with Gasteiger partial charge in [0.05, 0.1) is 5.56 Å². The molecule has 1 saturated heterocycles. The van der Waals surface area contributed by atoms with Crippen LogP contribution in [0.3, 0.4) is 0 Å². The first-order chi connectivity index (χ1) is 10.0. The standard InChI is InChI=1S/C14H14F3N3O/c15-14(16,17)11-3-1-2-9(4-11)5-12-19-13(21-20-12)6-10-7-18-8-10/h1-4,10,18H,5-8H2. The summed E-state index contributed by atoms with van der Waals surface area (Å²) < 4.78 is 43.1. The highest BCUT2D eigenvalue weighted by Crippen LogP contribution is 2.29. The first kappa shape index (κ1) is 14.1. The van der Waals surface area contributed by atoms with Crippen LogP contribution in [0.5, 0.6) is 0 Å². The quantitative estimate of drug-likeness (QED) is 0.941. The number of hydrogen-bond acceptors (Lipinski definition) is 4. The van der Waals surface area contributed by atoms with Crippen LogP contribution in [0, 0.1) is 5.92 Å². The highest BCUT2D eigenvalue weighted by Gasteiger charge is 2.30. The number of hydrogen-bond donors (Lipinski definition) is 1. The molecule has 2 aromatic rings. The van der Waals surface area contributed by atoms with Gasteiger partial charge in [-0.25, -0.2) is 0 Å². The molecule has 7 heteroatoms. The van der Waals surface area contributed by atoms with Gasteiger partial charge in [0.2, 0.25) is 5.89 Å². The third-order valence-corrected chi connectivity index (χ3v) is 3.46. The summed E-state index contributed by atoms with van der Waals surface area (Å²) in [7, 11) is 0. The molecule has 0 unspecified atom stereocenters. The Morgan fingerprint density at radius 2 is 2.10 bits per heavy atom. The van der Waals surface area contributed by atoms with E-state index < -0.39 is 11.7 Å². The number of nitrogens with one attached hydrogen (secondary N) is 1. The maximum absolute atomic E-state index is 12.6. The molecule has 1 fully saturated rings. The number of halogens is 3. The molecule has 0 aliphatic carbocycles. The summed E-state index contributed by atoms with van der Waals surface area (Å²) in [5.74, 6) is 1.46. The van der Waals surface area contributed by atoms with Gasteiger partial charge in [-0.3, -0.25) is 0 Å². The zero-order valence-corrected chi connectivity index (χ0v) is 11.2. The van der Waals surface area contributed by atoms with Crippen molar-refractivity contribution < 1.29 is 17.7 Å². The molecule has 0 amide bonds. The molecule has 0 saturated carbocycles. The van der Waals surface area contributed by atoms with Crippen LogP contribution in [0.2, 0.25) is 0 Å². The van der Waals surface area contributed by atoms with Gasteiger partial charge in [0, 0.05) is 12.8 Å². The van der Waals surface area contributed by atoms with Gasteiger partial charge in [0.25, 0.3) is 0 Å². The topological polar surface area (TPSA) is 51.0 Å². The average Bonchev–Trinajstić information content (AvgIpc) is 2.81. The fraction of sp³-hybridized carbons (Fsp3) is 0.429. The largest absolute Gasteiger partial charge is 0.416 e. The molecule has 21 heavy (non-hydrogen) atoms. The first-order valence-corrected chi connectivity index (χ1v) is 6.69. The van der Waals surface area contributed by atoms with E-state index in [1.807, 2.05) is 0 Å². The average molecular weight is 297 g/mol. The van der Waals surface area contributed by atoms with Crippen LogP contribution in [-0.2, 0) is 19.0 Å². The lowest BCUT2D eigenvalue weighted by Crippen LogP contribution is -2.43. The predicted octanol–water partition coefficient (Wildman–Crippen LogP) is 2.44. The summed E-state index contributed by atoms with van der Waals surface area (Å²) in [6.07, 6.45) is -3.39. The molecule has 0 atom stereocenters. The van der Waals surface area contributed by atoms with Crippen molar-refractivity contribution in [3.8, 4) is 0 Å². The fourth-order valence-corrected chi connectivity index (χ4v) is 2.22. The van der Waals surface area contributed by atoms with Gasteiger partial charge in [0.1, 0.15) is 0 Å². The normalized spacial score (nSPS) is 16.0. The Kier molecular flexibility index (Phi) is 3.67. The van der Waals surface area contributed by atoms with E-state index in [0.29, 0.717) is 29.6 Å². The number of rotatable bonds is 4. The highest BCUT2D eigenvalue weighted by molar-refractivity contribution is 5.27. The number of benzene rings is 1. The van der Waals surface area contributed by atoms with Crippen molar-refractivity contribution in [3.63, 3.8) is 0 Å². The molecule has 4 nitrogen and oxygen atoms in total. The van der Waals surface area contributed by atoms with Crippen molar-refractivity contribution in [2.45, 2.75) is 19.0 Å². The molecule has 1 aromatic carbocycles. The van der Waals surface area contributed by atoms with Crippen molar-refractivity contribution in [2.75, 3.05) is 13.1 Å². The van der Waals surface area contributed by atoms with Crippen LogP contribution >= 0.6 is 0 Å². The molecule has 1 aliphatic rings. The van der Waals surface area contributed by atoms with Crippen LogP contribution < -0.4 is 5.32 Å². The molecule has 3 rings (SSSR count). The van der Waals surface area contributed by atoms with E-state index in [2.05, 4.69) is 15.5 Å². The van der Waals surface area contributed by atoms with Gasteiger partial charge >= 0.3 is 6.18 Å². The predicted molar refractivity (Wildman–Crippen MR) is 68.6 cm³/mol. The third kappa shape index (κ3) is 3.41. The summed E-state index contributed by atoms with van der Waals surface area (Å²) in [6.45, 7) is 1.87. The Morgan fingerprint density at radius 3 is 2.76 bits per heavy atom. The fourth-order valence-electron chi connectivity index (χ4n) is 2.22. The zero-order chi connectivity index (χ0) is 14.9. The Balaban J connectivity index is 1.68. The lowest BCUT2D eigenvalue weighted by molar-refractivity contribution is -0.137. The Hall–Kier alpha value is -1.89. The summed E-state index contributed by atoms with van der Waals surface area (Å²) in [5.41, 5.74) is -0.147. The van der Waals surface area contributed by atoms with Gasteiger partial charge in [-0.05, 0) is 30.6 Å². The van der Waals surface area contributed by atoms with E-state index in [4.69, 9.17) is 4.52 Å². The lowest BCUT2D eigenvalue weighted by Gasteiger charge is -2.25. The second kappa shape index (κ2) is 5.48. The van der Waals surface area contributed by atoms with Crippen molar-refractivity contribution in [3.05, 3.63) is 47.1 Å². The number of alkyl halides is 3. The van der Waals surface area contributed by atoms with Gasteiger partial charge in [-0.15, -0.1) is 0 Å². The molecule has 0 bridgehead atoms. The second-order valence-electron chi connectivity index (χ2n) is 5.21. The van der Waals surface area contributed by atoms with Gasteiger partial charge < -0.3 is 9.84 Å². The van der Waals surface area contributed by atoms with Crippen LogP contribution in [0.4, 0.5) is 13.2 Å². The van der Waals surface area contributed by atoms with Gasteiger partial charge in [0.15, 0.2) is 5.82 Å². The molecule has 112 valence electrons. The summed E-state index contributed by atoms with van der Waals surface area (Å²) in [5, 5.41) is 6.98. The minimum Gasteiger partial charge on any atom is -0.339 e. The van der Waals surface area contributed by atoms with Crippen molar-refractivity contribution in [1.29, 1.82) is 0 Å². The monoisotopic (exact) mass is 297 g/mol. The van der Waals surface area contributed by atoms with E-state index in [1.165, 1.54) is 6.07 Å². The van der Waals surface area contributed by atoms with Crippen LogP contribution in [0.1, 0.15) is 22.8 Å². The first-order valence-electron chi connectivity index (χ1n) is 6.69. The molecule has 0 spiro atoms. The number of nitrogens with zero attached hydrogens (tertiary/aromatic N) is 2. The SMILES string of the molecule is FC(F)(F)c1cccc(Cc2noc(CC3CNC3)n2)c1. The van der Waals surface area contributed by atoms with E-state index in [1.54, 1.807) is 6.07 Å². The molecule has 1 N–H and O–H groups in total. The highest BCUT2D eigenvalue weighted by atomic mass is 19.4. The number of aromatic nitrogens is 2. The molecular formula is C14H14F3N3O. The molecule has 2 heterocycles. The Bertz CT molecular complexity index is 620. The van der Waals surface area contributed by atoms with E-state index in [-0.39, 0.29) is 6.42 Å². The summed E-state index contributed by atoms with van der Waals surface area (Å²) in [6, 6.07) is 5.18. The van der Waals surface area contributed by atoms with E-state index in [0.717, 1.165) is 25.2 Å². The third-order valence-electron chi connectivity index (χ3n) is 3.46. The zero-order valence-electron chi connectivity index (χ0n) is 11.2. The van der Waals surface area contributed by atoms with E-state index in [9.17, 15) is 13.2 Å². The van der Waals surface area contributed by atoms with Crippen LogP contribution in [-0.4, -0.2) is 23.2 Å². The second-order valence-corrected chi connectivity index (χ2v) is 5.21. The summed E-state index contributed by atoms with van der Waals surface area (Å²) in [4.78, 5) is 4.23. The van der Waals surface area contributed by atoms with Crippen molar-refractivity contribution in [1.82, 2.24) is 15.5 Å². The minimum atomic E-state index is -4.34. The Labute approximate surface area is 119 Å². The maximum atomic E-state index is 12.6. The minimum absolute atomic E-state index is 0.232. The van der Waals surface area contributed by atoms with Crippen LogP contribution in [0.25, 0.3) is 0 Å².